The number of carbonyl (C=O) groups excluding carboxylic acids is 1. The van der Waals surface area contributed by atoms with Gasteiger partial charge in [-0.15, -0.1) is 0 Å². The smallest absolute Gasteiger partial charge is 0.323 e. The van der Waals surface area contributed by atoms with Crippen LogP contribution in [0, 0.1) is 29.1 Å². The maximum atomic E-state index is 12.2. The molecule has 0 amide bonds. The molecule has 1 aromatic carbocycles. The van der Waals surface area contributed by atoms with Crippen molar-refractivity contribution >= 4 is 11.9 Å². The van der Waals surface area contributed by atoms with Crippen molar-refractivity contribution < 1.29 is 19.4 Å². The first-order chi connectivity index (χ1) is 14.0. The molecule has 0 aliphatic carbocycles. The fourth-order valence-electron chi connectivity index (χ4n) is 2.97. The molecule has 0 aliphatic heterocycles. The minimum atomic E-state index is -1.54. The van der Waals surface area contributed by atoms with E-state index in [1.165, 1.54) is 19.3 Å². The van der Waals surface area contributed by atoms with Gasteiger partial charge in [0.2, 0.25) is 0 Å². The van der Waals surface area contributed by atoms with Gasteiger partial charge in [-0.2, -0.15) is 0 Å². The summed E-state index contributed by atoms with van der Waals surface area (Å²) in [6.07, 6.45) is 6.22. The first kappa shape index (κ1) is 24.3. The molecule has 0 aliphatic rings. The highest BCUT2D eigenvalue weighted by Crippen LogP contribution is 2.30. The summed E-state index contributed by atoms with van der Waals surface area (Å²) in [4.78, 5) is 23.9. The molecule has 4 nitrogen and oxygen atoms in total. The summed E-state index contributed by atoms with van der Waals surface area (Å²) < 4.78 is 4.99. The molecule has 1 unspecified atom stereocenters. The Balaban J connectivity index is 2.82. The molecule has 0 fully saturated rings. The van der Waals surface area contributed by atoms with Gasteiger partial charge in [0.1, 0.15) is 0 Å². The monoisotopic (exact) mass is 396 g/mol. The lowest BCUT2D eigenvalue weighted by Gasteiger charge is -2.24. The van der Waals surface area contributed by atoms with Crippen molar-refractivity contribution in [2.75, 3.05) is 6.61 Å². The highest BCUT2D eigenvalue weighted by molar-refractivity contribution is 5.99. The predicted octanol–water partition coefficient (Wildman–Crippen LogP) is 5.18. The standard InChI is InChI=1S/C25H32O4/c1-4-7-8-9-10-11-16-21-17-12-13-18-22(21)19-14-15-20-25(5-2,23(26)27)24(28)29-6-3/h12-13,17-18H,4-10,15,20H2,1-3H3,(H,26,27). The van der Waals surface area contributed by atoms with E-state index >= 15 is 0 Å². The van der Waals surface area contributed by atoms with E-state index in [9.17, 15) is 14.7 Å². The van der Waals surface area contributed by atoms with Crippen LogP contribution in [0.1, 0.15) is 83.3 Å². The van der Waals surface area contributed by atoms with Crippen molar-refractivity contribution in [3.05, 3.63) is 35.4 Å². The van der Waals surface area contributed by atoms with Crippen molar-refractivity contribution in [1.29, 1.82) is 0 Å². The van der Waals surface area contributed by atoms with Crippen LogP contribution >= 0.6 is 0 Å². The van der Waals surface area contributed by atoms with Crippen LogP contribution in [-0.4, -0.2) is 23.7 Å². The van der Waals surface area contributed by atoms with Crippen LogP contribution in [0.4, 0.5) is 0 Å². The predicted molar refractivity (Wildman–Crippen MR) is 115 cm³/mol. The van der Waals surface area contributed by atoms with Gasteiger partial charge in [-0.05, 0) is 38.3 Å². The summed E-state index contributed by atoms with van der Waals surface area (Å²) >= 11 is 0. The Morgan fingerprint density at radius 1 is 0.966 bits per heavy atom. The zero-order valence-corrected chi connectivity index (χ0v) is 17.8. The number of hydrogen-bond acceptors (Lipinski definition) is 3. The van der Waals surface area contributed by atoms with Gasteiger partial charge in [0.15, 0.2) is 5.41 Å². The van der Waals surface area contributed by atoms with E-state index in [0.717, 1.165) is 24.0 Å². The van der Waals surface area contributed by atoms with E-state index in [2.05, 4.69) is 30.6 Å². The summed E-state index contributed by atoms with van der Waals surface area (Å²) in [6.45, 7) is 5.70. The van der Waals surface area contributed by atoms with Crippen molar-refractivity contribution in [1.82, 2.24) is 0 Å². The van der Waals surface area contributed by atoms with E-state index in [0.29, 0.717) is 0 Å². The van der Waals surface area contributed by atoms with Crippen molar-refractivity contribution in [2.45, 2.75) is 72.1 Å². The molecule has 0 heterocycles. The summed E-state index contributed by atoms with van der Waals surface area (Å²) in [5, 5.41) is 9.59. The van der Waals surface area contributed by atoms with Gasteiger partial charge in [0.05, 0.1) is 6.61 Å². The second-order valence-electron chi connectivity index (χ2n) is 6.92. The first-order valence-electron chi connectivity index (χ1n) is 10.5. The number of carboxylic acids is 1. The molecular formula is C25H32O4. The van der Waals surface area contributed by atoms with Crippen LogP contribution in [0.3, 0.4) is 0 Å². The minimum Gasteiger partial charge on any atom is -0.480 e. The van der Waals surface area contributed by atoms with Crippen molar-refractivity contribution in [3.8, 4) is 23.7 Å². The van der Waals surface area contributed by atoms with Gasteiger partial charge in [-0.3, -0.25) is 9.59 Å². The Morgan fingerprint density at radius 2 is 1.59 bits per heavy atom. The number of hydrogen-bond donors (Lipinski definition) is 1. The molecule has 0 spiro atoms. The largest absolute Gasteiger partial charge is 0.480 e. The number of carbonyl (C=O) groups is 2. The number of benzene rings is 1. The normalized spacial score (nSPS) is 12.0. The van der Waals surface area contributed by atoms with Gasteiger partial charge in [0, 0.05) is 24.0 Å². The van der Waals surface area contributed by atoms with Gasteiger partial charge in [-0.1, -0.05) is 68.9 Å². The average molecular weight is 397 g/mol. The number of carboxylic acid groups (broad SMARTS) is 1. The molecular weight excluding hydrogens is 364 g/mol. The summed E-state index contributed by atoms with van der Waals surface area (Å²) in [6, 6.07) is 7.68. The Kier molecular flexibility index (Phi) is 11.3. The Hall–Kier alpha value is -2.72. The average Bonchev–Trinajstić information content (AvgIpc) is 2.71. The Labute approximate surface area is 175 Å². The van der Waals surface area contributed by atoms with Crippen LogP contribution in [0.2, 0.25) is 0 Å². The lowest BCUT2D eigenvalue weighted by atomic mass is 9.80. The number of aliphatic carboxylic acids is 1. The Bertz CT molecular complexity index is 788. The summed E-state index contributed by atoms with van der Waals surface area (Å²) in [7, 11) is 0. The zero-order valence-electron chi connectivity index (χ0n) is 17.8. The molecule has 4 heteroatoms. The molecule has 0 aromatic heterocycles. The highest BCUT2D eigenvalue weighted by Gasteiger charge is 2.45. The van der Waals surface area contributed by atoms with E-state index in [4.69, 9.17) is 4.74 Å². The van der Waals surface area contributed by atoms with Crippen LogP contribution < -0.4 is 0 Å². The number of rotatable bonds is 10. The van der Waals surface area contributed by atoms with Gasteiger partial charge in [-0.25, -0.2) is 0 Å². The topological polar surface area (TPSA) is 63.6 Å². The lowest BCUT2D eigenvalue weighted by molar-refractivity contribution is -0.169. The minimum absolute atomic E-state index is 0.121. The highest BCUT2D eigenvalue weighted by atomic mass is 16.5. The molecule has 1 rings (SSSR count). The van der Waals surface area contributed by atoms with E-state index in [1.54, 1.807) is 13.8 Å². The fraction of sp³-hybridized carbons (Fsp3) is 0.520. The summed E-state index contributed by atoms with van der Waals surface area (Å²) in [5.74, 6) is 10.7. The third-order valence-corrected chi connectivity index (χ3v) is 4.88. The lowest BCUT2D eigenvalue weighted by Crippen LogP contribution is -2.40. The molecule has 156 valence electrons. The molecule has 0 saturated heterocycles. The van der Waals surface area contributed by atoms with Gasteiger partial charge < -0.3 is 9.84 Å². The van der Waals surface area contributed by atoms with E-state index in [-0.39, 0.29) is 25.9 Å². The van der Waals surface area contributed by atoms with Gasteiger partial charge in [0.25, 0.3) is 0 Å². The summed E-state index contributed by atoms with van der Waals surface area (Å²) in [5.41, 5.74) is 0.158. The zero-order chi connectivity index (χ0) is 21.5. The molecule has 1 N–H and O–H groups in total. The molecule has 29 heavy (non-hydrogen) atoms. The van der Waals surface area contributed by atoms with Crippen LogP contribution in [-0.2, 0) is 14.3 Å². The quantitative estimate of drug-likeness (QED) is 0.256. The second kappa shape index (κ2) is 13.5. The molecule has 0 saturated carbocycles. The Morgan fingerprint density at radius 3 is 2.10 bits per heavy atom. The van der Waals surface area contributed by atoms with Crippen molar-refractivity contribution in [2.24, 2.45) is 5.41 Å². The maximum Gasteiger partial charge on any atom is 0.323 e. The van der Waals surface area contributed by atoms with E-state index in [1.807, 2.05) is 24.3 Å². The van der Waals surface area contributed by atoms with Crippen LogP contribution in [0.25, 0.3) is 0 Å². The number of esters is 1. The fourth-order valence-corrected chi connectivity index (χ4v) is 2.97. The number of unbranched alkanes of at least 4 members (excludes halogenated alkanes) is 4. The van der Waals surface area contributed by atoms with Crippen molar-refractivity contribution in [3.63, 3.8) is 0 Å². The third kappa shape index (κ3) is 7.66. The van der Waals surface area contributed by atoms with Gasteiger partial charge >= 0.3 is 11.9 Å². The van der Waals surface area contributed by atoms with Crippen LogP contribution in [0.5, 0.6) is 0 Å². The SMILES string of the molecule is CCCCCCC#Cc1ccccc1C#CCCC(CC)(C(=O)O)C(=O)OCC. The van der Waals surface area contributed by atoms with Crippen LogP contribution in [0.15, 0.2) is 24.3 Å². The molecule has 0 bridgehead atoms. The third-order valence-electron chi connectivity index (χ3n) is 4.88. The maximum absolute atomic E-state index is 12.2. The second-order valence-corrected chi connectivity index (χ2v) is 6.92. The molecule has 1 aromatic rings. The van der Waals surface area contributed by atoms with E-state index < -0.39 is 17.4 Å². The number of ether oxygens (including phenoxy) is 1. The first-order valence-corrected chi connectivity index (χ1v) is 10.5. The molecule has 1 atom stereocenters. The molecule has 0 radical (unpaired) electrons.